The van der Waals surface area contributed by atoms with Crippen molar-refractivity contribution < 1.29 is 4.79 Å². The van der Waals surface area contributed by atoms with Gasteiger partial charge in [-0.15, -0.1) is 0 Å². The maximum atomic E-state index is 11.7. The molecule has 0 saturated carbocycles. The van der Waals surface area contributed by atoms with E-state index >= 15 is 0 Å². The Bertz CT molecular complexity index is 245. The number of rotatable bonds is 7. The normalized spacial score (nSPS) is 15.9. The van der Waals surface area contributed by atoms with Crippen molar-refractivity contribution >= 4 is 5.91 Å². The standard InChI is InChI=1S/C13H24N2O/c1-5-7-12(9-14)13(16)15-11(4)8-10(3)6-2/h10-12H,5-8H2,1-4H3,(H,15,16). The third-order valence-corrected chi connectivity index (χ3v) is 2.89. The number of nitriles is 1. The van der Waals surface area contributed by atoms with Gasteiger partial charge in [-0.25, -0.2) is 0 Å². The molecule has 0 aliphatic carbocycles. The predicted molar refractivity (Wildman–Crippen MR) is 65.7 cm³/mol. The Kier molecular flexibility index (Phi) is 7.62. The third kappa shape index (κ3) is 5.75. The summed E-state index contributed by atoms with van der Waals surface area (Å²) >= 11 is 0. The highest BCUT2D eigenvalue weighted by Gasteiger charge is 2.18. The van der Waals surface area contributed by atoms with Crippen LogP contribution >= 0.6 is 0 Å². The zero-order chi connectivity index (χ0) is 12.6. The van der Waals surface area contributed by atoms with Crippen LogP contribution in [0.3, 0.4) is 0 Å². The topological polar surface area (TPSA) is 52.9 Å². The maximum absolute atomic E-state index is 11.7. The Hall–Kier alpha value is -1.04. The van der Waals surface area contributed by atoms with Gasteiger partial charge in [0.15, 0.2) is 0 Å². The van der Waals surface area contributed by atoms with E-state index in [9.17, 15) is 4.79 Å². The maximum Gasteiger partial charge on any atom is 0.237 e. The second-order valence-electron chi connectivity index (χ2n) is 4.63. The summed E-state index contributed by atoms with van der Waals surface area (Å²) in [5.41, 5.74) is 0. The van der Waals surface area contributed by atoms with Gasteiger partial charge < -0.3 is 5.32 Å². The van der Waals surface area contributed by atoms with Crippen molar-refractivity contribution in [2.45, 2.75) is 59.4 Å². The van der Waals surface area contributed by atoms with E-state index in [0.29, 0.717) is 12.3 Å². The molecular formula is C13H24N2O. The number of hydrogen-bond donors (Lipinski definition) is 1. The van der Waals surface area contributed by atoms with Crippen molar-refractivity contribution in [2.24, 2.45) is 11.8 Å². The van der Waals surface area contributed by atoms with Gasteiger partial charge in [0.2, 0.25) is 5.91 Å². The molecule has 3 unspecified atom stereocenters. The molecule has 1 N–H and O–H groups in total. The second kappa shape index (κ2) is 8.15. The van der Waals surface area contributed by atoms with E-state index in [1.807, 2.05) is 13.8 Å². The Balaban J connectivity index is 4.07. The number of carbonyl (C=O) groups excluding carboxylic acids is 1. The number of nitrogens with zero attached hydrogens (tertiary/aromatic N) is 1. The summed E-state index contributed by atoms with van der Waals surface area (Å²) in [4.78, 5) is 11.7. The highest BCUT2D eigenvalue weighted by Crippen LogP contribution is 2.11. The average Bonchev–Trinajstić information content (AvgIpc) is 2.25. The first-order valence-electron chi connectivity index (χ1n) is 6.25. The quantitative estimate of drug-likeness (QED) is 0.723. The highest BCUT2D eigenvalue weighted by atomic mass is 16.1. The second-order valence-corrected chi connectivity index (χ2v) is 4.63. The van der Waals surface area contributed by atoms with E-state index < -0.39 is 5.92 Å². The molecule has 0 fully saturated rings. The third-order valence-electron chi connectivity index (χ3n) is 2.89. The molecule has 0 heterocycles. The van der Waals surface area contributed by atoms with Crippen LogP contribution < -0.4 is 5.32 Å². The van der Waals surface area contributed by atoms with Crippen molar-refractivity contribution in [2.75, 3.05) is 0 Å². The summed E-state index contributed by atoms with van der Waals surface area (Å²) in [6.45, 7) is 8.31. The molecule has 3 heteroatoms. The van der Waals surface area contributed by atoms with Crippen molar-refractivity contribution in [1.29, 1.82) is 5.26 Å². The minimum absolute atomic E-state index is 0.111. The first-order chi connectivity index (χ1) is 7.54. The largest absolute Gasteiger partial charge is 0.353 e. The Morgan fingerprint density at radius 2 is 2.00 bits per heavy atom. The van der Waals surface area contributed by atoms with Gasteiger partial charge in [0.05, 0.1) is 6.07 Å². The zero-order valence-corrected chi connectivity index (χ0v) is 10.9. The zero-order valence-electron chi connectivity index (χ0n) is 10.9. The summed E-state index contributed by atoms with van der Waals surface area (Å²) < 4.78 is 0. The molecule has 0 radical (unpaired) electrons. The average molecular weight is 224 g/mol. The fourth-order valence-electron chi connectivity index (χ4n) is 1.72. The fraction of sp³-hybridized carbons (Fsp3) is 0.846. The van der Waals surface area contributed by atoms with Crippen molar-refractivity contribution in [3.63, 3.8) is 0 Å². The first kappa shape index (κ1) is 15.0. The van der Waals surface area contributed by atoms with Crippen LogP contribution in [0.15, 0.2) is 0 Å². The van der Waals surface area contributed by atoms with E-state index in [4.69, 9.17) is 5.26 Å². The molecule has 0 spiro atoms. The molecule has 0 aromatic rings. The summed E-state index contributed by atoms with van der Waals surface area (Å²) in [6, 6.07) is 2.23. The van der Waals surface area contributed by atoms with Gasteiger partial charge >= 0.3 is 0 Å². The lowest BCUT2D eigenvalue weighted by Gasteiger charge is -2.19. The van der Waals surface area contributed by atoms with Crippen LogP contribution in [-0.2, 0) is 4.79 Å². The molecule has 16 heavy (non-hydrogen) atoms. The Labute approximate surface area is 99.2 Å². The molecule has 0 aliphatic heterocycles. The van der Waals surface area contributed by atoms with Gasteiger partial charge in [0, 0.05) is 6.04 Å². The molecule has 0 aromatic heterocycles. The van der Waals surface area contributed by atoms with Crippen LogP contribution in [-0.4, -0.2) is 11.9 Å². The monoisotopic (exact) mass is 224 g/mol. The molecule has 3 nitrogen and oxygen atoms in total. The number of carbonyl (C=O) groups is 1. The molecule has 0 bridgehead atoms. The SMILES string of the molecule is CCCC(C#N)C(=O)NC(C)CC(C)CC. The fourth-order valence-corrected chi connectivity index (χ4v) is 1.72. The van der Waals surface area contributed by atoms with Gasteiger partial charge in [-0.05, 0) is 25.7 Å². The number of hydrogen-bond acceptors (Lipinski definition) is 2. The van der Waals surface area contributed by atoms with E-state index in [1.54, 1.807) is 0 Å². The van der Waals surface area contributed by atoms with E-state index in [1.165, 1.54) is 0 Å². The van der Waals surface area contributed by atoms with Crippen LogP contribution in [0.5, 0.6) is 0 Å². The molecule has 0 aromatic carbocycles. The van der Waals surface area contributed by atoms with Crippen molar-refractivity contribution in [1.82, 2.24) is 5.32 Å². The van der Waals surface area contributed by atoms with Crippen molar-refractivity contribution in [3.8, 4) is 6.07 Å². The number of amides is 1. The van der Waals surface area contributed by atoms with Crippen LogP contribution in [0.1, 0.15) is 53.4 Å². The predicted octanol–water partition coefficient (Wildman–Crippen LogP) is 2.87. The van der Waals surface area contributed by atoms with E-state index in [2.05, 4.69) is 25.2 Å². The van der Waals surface area contributed by atoms with Gasteiger partial charge in [-0.3, -0.25) is 4.79 Å². The Morgan fingerprint density at radius 3 is 2.44 bits per heavy atom. The van der Waals surface area contributed by atoms with E-state index in [0.717, 1.165) is 19.3 Å². The lowest BCUT2D eigenvalue weighted by atomic mass is 9.99. The molecule has 0 aliphatic rings. The minimum atomic E-state index is -0.482. The van der Waals surface area contributed by atoms with Crippen LogP contribution in [0.4, 0.5) is 0 Å². The minimum Gasteiger partial charge on any atom is -0.353 e. The highest BCUT2D eigenvalue weighted by molar-refractivity contribution is 5.81. The van der Waals surface area contributed by atoms with Gasteiger partial charge in [0.1, 0.15) is 5.92 Å². The van der Waals surface area contributed by atoms with Gasteiger partial charge in [-0.2, -0.15) is 5.26 Å². The lowest BCUT2D eigenvalue weighted by molar-refractivity contribution is -0.124. The smallest absolute Gasteiger partial charge is 0.237 e. The molecular weight excluding hydrogens is 200 g/mol. The molecule has 3 atom stereocenters. The molecule has 0 rings (SSSR count). The van der Waals surface area contributed by atoms with Gasteiger partial charge in [-0.1, -0.05) is 33.6 Å². The van der Waals surface area contributed by atoms with Crippen LogP contribution in [0, 0.1) is 23.2 Å². The van der Waals surface area contributed by atoms with Crippen LogP contribution in [0.25, 0.3) is 0 Å². The van der Waals surface area contributed by atoms with E-state index in [-0.39, 0.29) is 11.9 Å². The van der Waals surface area contributed by atoms with Crippen molar-refractivity contribution in [3.05, 3.63) is 0 Å². The Morgan fingerprint density at radius 1 is 1.38 bits per heavy atom. The summed E-state index contributed by atoms with van der Waals surface area (Å²) in [5.74, 6) is 0.0200. The van der Waals surface area contributed by atoms with Crippen LogP contribution in [0.2, 0.25) is 0 Å². The first-order valence-corrected chi connectivity index (χ1v) is 6.25. The summed E-state index contributed by atoms with van der Waals surface area (Å²) in [7, 11) is 0. The number of nitrogens with one attached hydrogen (secondary N) is 1. The molecule has 1 amide bonds. The molecule has 0 saturated heterocycles. The summed E-state index contributed by atoms with van der Waals surface area (Å²) in [5, 5.41) is 11.8. The lowest BCUT2D eigenvalue weighted by Crippen LogP contribution is -2.37. The summed E-state index contributed by atoms with van der Waals surface area (Å²) in [6.07, 6.45) is 3.62. The van der Waals surface area contributed by atoms with Gasteiger partial charge in [0.25, 0.3) is 0 Å². The molecule has 92 valence electrons.